The van der Waals surface area contributed by atoms with Crippen LogP contribution in [0.4, 0.5) is 4.79 Å². The largest absolute Gasteiger partial charge is 0.381 e. The predicted molar refractivity (Wildman–Crippen MR) is 111 cm³/mol. The van der Waals surface area contributed by atoms with Crippen LogP contribution in [0.2, 0.25) is 0 Å². The number of imidazole rings is 1. The van der Waals surface area contributed by atoms with Gasteiger partial charge < -0.3 is 15.4 Å². The number of para-hydroxylation sites is 2. The summed E-state index contributed by atoms with van der Waals surface area (Å²) in [5.41, 5.74) is 0.345. The van der Waals surface area contributed by atoms with Gasteiger partial charge in [0, 0.05) is 26.8 Å². The van der Waals surface area contributed by atoms with Crippen LogP contribution in [-0.2, 0) is 16.1 Å². The third kappa shape index (κ3) is 4.37. The molecule has 8 nitrogen and oxygen atoms in total. The molecular formula is C21H30N4O4. The van der Waals surface area contributed by atoms with Gasteiger partial charge in [-0.2, -0.15) is 0 Å². The Morgan fingerprint density at radius 3 is 2.38 bits per heavy atom. The SMILES string of the molecule is CNC(=O)[C@@H](NC(=O)n1c(=O)n(CC2CCOCC2)c2ccccc21)C(C)(C)C. The molecule has 8 heteroatoms. The van der Waals surface area contributed by atoms with E-state index < -0.39 is 17.5 Å². The number of nitrogens with one attached hydrogen (secondary N) is 2. The first-order valence-electron chi connectivity index (χ1n) is 10.0. The fourth-order valence-electron chi connectivity index (χ4n) is 3.78. The number of aromatic nitrogens is 2. The molecule has 2 heterocycles. The van der Waals surface area contributed by atoms with E-state index in [1.807, 2.05) is 32.9 Å². The van der Waals surface area contributed by atoms with Gasteiger partial charge in [-0.15, -0.1) is 0 Å². The number of carbonyl (C=O) groups is 2. The molecule has 158 valence electrons. The van der Waals surface area contributed by atoms with E-state index in [1.165, 1.54) is 7.05 Å². The number of amides is 2. The van der Waals surface area contributed by atoms with E-state index in [1.54, 1.807) is 16.7 Å². The van der Waals surface area contributed by atoms with Gasteiger partial charge in [-0.25, -0.2) is 14.2 Å². The Kier molecular flexibility index (Phi) is 6.12. The van der Waals surface area contributed by atoms with Crippen LogP contribution in [0.15, 0.2) is 29.1 Å². The highest BCUT2D eigenvalue weighted by Gasteiger charge is 2.33. The third-order valence-corrected chi connectivity index (χ3v) is 5.46. The summed E-state index contributed by atoms with van der Waals surface area (Å²) in [4.78, 5) is 38.6. The van der Waals surface area contributed by atoms with Crippen molar-refractivity contribution in [2.75, 3.05) is 20.3 Å². The molecule has 1 aliphatic heterocycles. The molecule has 0 bridgehead atoms. The van der Waals surface area contributed by atoms with Gasteiger partial charge in [0.1, 0.15) is 6.04 Å². The van der Waals surface area contributed by atoms with Crippen molar-refractivity contribution in [1.82, 2.24) is 19.8 Å². The van der Waals surface area contributed by atoms with E-state index >= 15 is 0 Å². The van der Waals surface area contributed by atoms with Crippen molar-refractivity contribution in [1.29, 1.82) is 0 Å². The average molecular weight is 402 g/mol. The third-order valence-electron chi connectivity index (χ3n) is 5.46. The van der Waals surface area contributed by atoms with Gasteiger partial charge in [-0.05, 0) is 36.3 Å². The minimum absolute atomic E-state index is 0.301. The maximum Gasteiger partial charge on any atom is 0.337 e. The van der Waals surface area contributed by atoms with Crippen molar-refractivity contribution in [3.8, 4) is 0 Å². The Hall–Kier alpha value is -2.61. The molecule has 1 aromatic heterocycles. The zero-order valence-corrected chi connectivity index (χ0v) is 17.5. The molecule has 0 unspecified atom stereocenters. The number of rotatable bonds is 4. The minimum Gasteiger partial charge on any atom is -0.381 e. The van der Waals surface area contributed by atoms with Crippen molar-refractivity contribution >= 4 is 23.0 Å². The molecule has 0 aliphatic carbocycles. The topological polar surface area (TPSA) is 94.4 Å². The van der Waals surface area contributed by atoms with E-state index in [9.17, 15) is 14.4 Å². The van der Waals surface area contributed by atoms with E-state index in [0.29, 0.717) is 36.7 Å². The van der Waals surface area contributed by atoms with Gasteiger partial charge in [0.25, 0.3) is 0 Å². The molecule has 1 aliphatic rings. The summed E-state index contributed by atoms with van der Waals surface area (Å²) < 4.78 is 8.21. The summed E-state index contributed by atoms with van der Waals surface area (Å²) in [5, 5.41) is 5.33. The highest BCUT2D eigenvalue weighted by atomic mass is 16.5. The lowest BCUT2D eigenvalue weighted by molar-refractivity contribution is -0.124. The van der Waals surface area contributed by atoms with Crippen molar-refractivity contribution in [3.05, 3.63) is 34.7 Å². The zero-order chi connectivity index (χ0) is 21.2. The van der Waals surface area contributed by atoms with Crippen LogP contribution < -0.4 is 16.3 Å². The van der Waals surface area contributed by atoms with E-state index in [4.69, 9.17) is 4.74 Å². The normalized spacial score (nSPS) is 16.6. The maximum atomic E-state index is 13.2. The van der Waals surface area contributed by atoms with Crippen molar-refractivity contribution < 1.29 is 14.3 Å². The summed E-state index contributed by atoms with van der Waals surface area (Å²) in [6.45, 7) is 7.52. The molecule has 1 aromatic carbocycles. The Labute approximate surface area is 170 Å². The van der Waals surface area contributed by atoms with E-state index in [0.717, 1.165) is 17.4 Å². The lowest BCUT2D eigenvalue weighted by Crippen LogP contribution is -2.54. The lowest BCUT2D eigenvalue weighted by Gasteiger charge is -2.29. The van der Waals surface area contributed by atoms with Crippen LogP contribution in [0.25, 0.3) is 11.0 Å². The summed E-state index contributed by atoms with van der Waals surface area (Å²) in [6.07, 6.45) is 1.78. The smallest absolute Gasteiger partial charge is 0.337 e. The number of nitrogens with zero attached hydrogens (tertiary/aromatic N) is 2. The van der Waals surface area contributed by atoms with Crippen molar-refractivity contribution in [3.63, 3.8) is 0 Å². The molecule has 2 N–H and O–H groups in total. The number of benzene rings is 1. The summed E-state index contributed by atoms with van der Waals surface area (Å²) in [7, 11) is 1.53. The van der Waals surface area contributed by atoms with E-state index in [-0.39, 0.29) is 11.6 Å². The molecule has 1 fully saturated rings. The highest BCUT2D eigenvalue weighted by Crippen LogP contribution is 2.22. The lowest BCUT2D eigenvalue weighted by atomic mass is 9.86. The van der Waals surface area contributed by atoms with Crippen molar-refractivity contribution in [2.24, 2.45) is 11.3 Å². The van der Waals surface area contributed by atoms with Gasteiger partial charge in [-0.3, -0.25) is 9.36 Å². The van der Waals surface area contributed by atoms with Gasteiger partial charge in [0.05, 0.1) is 11.0 Å². The molecule has 0 radical (unpaired) electrons. The highest BCUT2D eigenvalue weighted by molar-refractivity contribution is 5.93. The van der Waals surface area contributed by atoms with Gasteiger partial charge >= 0.3 is 11.7 Å². The summed E-state index contributed by atoms with van der Waals surface area (Å²) in [6, 6.07) is 5.88. The Bertz CT molecular complexity index is 948. The minimum atomic E-state index is -0.774. The molecule has 1 saturated heterocycles. The molecule has 2 aromatic rings. The van der Waals surface area contributed by atoms with Crippen LogP contribution >= 0.6 is 0 Å². The molecule has 29 heavy (non-hydrogen) atoms. The second-order valence-corrected chi connectivity index (χ2v) is 8.64. The van der Waals surface area contributed by atoms with Crippen LogP contribution in [0.3, 0.4) is 0 Å². The number of likely N-dealkylation sites (N-methyl/N-ethyl adjacent to an activating group) is 1. The van der Waals surface area contributed by atoms with Crippen LogP contribution in [0.1, 0.15) is 33.6 Å². The number of hydrogen-bond acceptors (Lipinski definition) is 4. The standard InChI is InChI=1S/C21H30N4O4/c1-21(2,3)17(18(26)22-4)23-19(27)25-16-8-6-5-7-15(16)24(20(25)28)13-14-9-11-29-12-10-14/h5-8,14,17H,9-13H2,1-4H3,(H,22,26)(H,23,27)/t17-/m1/s1. The van der Waals surface area contributed by atoms with Crippen LogP contribution in [-0.4, -0.2) is 47.4 Å². The summed E-state index contributed by atoms with van der Waals surface area (Å²) in [5.74, 6) is 0.0294. The van der Waals surface area contributed by atoms with Gasteiger partial charge in [-0.1, -0.05) is 32.9 Å². The monoisotopic (exact) mass is 402 g/mol. The molecule has 1 atom stereocenters. The molecule has 0 saturated carbocycles. The predicted octanol–water partition coefficient (Wildman–Crippen LogP) is 1.95. The molecule has 3 rings (SSSR count). The second kappa shape index (κ2) is 8.41. The maximum absolute atomic E-state index is 13.2. The first kappa shape index (κ1) is 21.1. The Balaban J connectivity index is 1.98. The number of hydrogen-bond donors (Lipinski definition) is 2. The Morgan fingerprint density at radius 2 is 1.79 bits per heavy atom. The van der Waals surface area contributed by atoms with Gasteiger partial charge in [0.2, 0.25) is 5.91 Å². The average Bonchev–Trinajstić information content (AvgIpc) is 2.97. The first-order chi connectivity index (χ1) is 13.7. The Morgan fingerprint density at radius 1 is 1.17 bits per heavy atom. The molecular weight excluding hydrogens is 372 g/mol. The molecule has 2 amide bonds. The molecule has 0 spiro atoms. The van der Waals surface area contributed by atoms with E-state index in [2.05, 4.69) is 10.6 Å². The van der Waals surface area contributed by atoms with Gasteiger partial charge in [0.15, 0.2) is 0 Å². The van der Waals surface area contributed by atoms with Crippen LogP contribution in [0, 0.1) is 11.3 Å². The summed E-state index contributed by atoms with van der Waals surface area (Å²) >= 11 is 0. The number of carbonyl (C=O) groups excluding carboxylic acids is 2. The number of fused-ring (bicyclic) bond motifs is 1. The van der Waals surface area contributed by atoms with Crippen molar-refractivity contribution in [2.45, 2.75) is 46.2 Å². The van der Waals surface area contributed by atoms with Crippen LogP contribution in [0.5, 0.6) is 0 Å². The quantitative estimate of drug-likeness (QED) is 0.817. The zero-order valence-electron chi connectivity index (χ0n) is 17.5. The fourth-order valence-corrected chi connectivity index (χ4v) is 3.78. The second-order valence-electron chi connectivity index (χ2n) is 8.64. The first-order valence-corrected chi connectivity index (χ1v) is 10.0. The fraction of sp³-hybridized carbons (Fsp3) is 0.571. The number of ether oxygens (including phenoxy) is 1.